The van der Waals surface area contributed by atoms with Crippen LogP contribution in [0.3, 0.4) is 0 Å². The molecule has 88 valence electrons. The van der Waals surface area contributed by atoms with Crippen molar-refractivity contribution in [1.29, 1.82) is 0 Å². The number of nitrogens with two attached hydrogens (primary N) is 1. The topological polar surface area (TPSA) is 61.0 Å². The summed E-state index contributed by atoms with van der Waals surface area (Å²) in [6, 6.07) is 0.848. The molecule has 0 radical (unpaired) electrons. The maximum atomic E-state index is 5.84. The zero-order chi connectivity index (χ0) is 11.4. The van der Waals surface area contributed by atoms with E-state index in [9.17, 15) is 0 Å². The Bertz CT molecular complexity index is 318. The first-order valence-electron chi connectivity index (χ1n) is 6.01. The molecule has 0 bridgehead atoms. The van der Waals surface area contributed by atoms with Gasteiger partial charge < -0.3 is 10.5 Å². The third kappa shape index (κ3) is 2.92. The predicted octanol–water partition coefficient (Wildman–Crippen LogP) is 1.69. The summed E-state index contributed by atoms with van der Waals surface area (Å²) in [6.45, 7) is 2.09. The van der Waals surface area contributed by atoms with Crippen LogP contribution in [0.5, 0.6) is 6.01 Å². The molecule has 1 heterocycles. The fourth-order valence-corrected chi connectivity index (χ4v) is 1.94. The molecule has 0 saturated heterocycles. The van der Waals surface area contributed by atoms with Gasteiger partial charge in [-0.15, -0.1) is 0 Å². The maximum Gasteiger partial charge on any atom is 0.316 e. The summed E-state index contributed by atoms with van der Waals surface area (Å²) in [5.74, 6) is 0. The van der Waals surface area contributed by atoms with Crippen molar-refractivity contribution in [2.75, 3.05) is 0 Å². The predicted molar refractivity (Wildman–Crippen MR) is 62.3 cm³/mol. The van der Waals surface area contributed by atoms with Crippen molar-refractivity contribution in [3.05, 3.63) is 18.0 Å². The Hall–Kier alpha value is -1.16. The Morgan fingerprint density at radius 2 is 1.88 bits per heavy atom. The number of aromatic nitrogens is 2. The molecule has 4 heteroatoms. The molecule has 2 N–H and O–H groups in total. The van der Waals surface area contributed by atoms with Crippen LogP contribution >= 0.6 is 0 Å². The standard InChI is InChI=1S/C12H19N3O/c1-2-9-7-14-12(15-8-9)16-11-5-3-10(13)4-6-11/h7-8,10-11H,2-6,13H2,1H3. The lowest BCUT2D eigenvalue weighted by Crippen LogP contribution is -2.32. The van der Waals surface area contributed by atoms with Gasteiger partial charge in [-0.2, -0.15) is 0 Å². The summed E-state index contributed by atoms with van der Waals surface area (Å²) in [6.07, 6.45) is 8.97. The molecule has 1 aromatic heterocycles. The van der Waals surface area contributed by atoms with Gasteiger partial charge in [0.1, 0.15) is 6.10 Å². The second-order valence-electron chi connectivity index (χ2n) is 4.38. The van der Waals surface area contributed by atoms with Crippen molar-refractivity contribution in [3.63, 3.8) is 0 Å². The van der Waals surface area contributed by atoms with E-state index >= 15 is 0 Å². The lowest BCUT2D eigenvalue weighted by Gasteiger charge is -2.25. The highest BCUT2D eigenvalue weighted by Gasteiger charge is 2.20. The third-order valence-electron chi connectivity index (χ3n) is 3.08. The smallest absolute Gasteiger partial charge is 0.316 e. The first-order chi connectivity index (χ1) is 7.78. The molecule has 0 amide bonds. The van der Waals surface area contributed by atoms with Gasteiger partial charge in [0.15, 0.2) is 0 Å². The molecule has 1 fully saturated rings. The van der Waals surface area contributed by atoms with E-state index in [0.29, 0.717) is 12.1 Å². The second kappa shape index (κ2) is 5.25. The van der Waals surface area contributed by atoms with Gasteiger partial charge in [-0.1, -0.05) is 6.92 Å². The van der Waals surface area contributed by atoms with Crippen molar-refractivity contribution < 1.29 is 4.74 Å². The van der Waals surface area contributed by atoms with E-state index in [-0.39, 0.29) is 6.10 Å². The molecule has 1 aromatic rings. The van der Waals surface area contributed by atoms with Crippen LogP contribution in [0.1, 0.15) is 38.2 Å². The van der Waals surface area contributed by atoms with Gasteiger partial charge in [0.05, 0.1) is 0 Å². The Labute approximate surface area is 96.2 Å². The summed E-state index contributed by atoms with van der Waals surface area (Å²) < 4.78 is 5.73. The molecule has 2 rings (SSSR count). The average molecular weight is 221 g/mol. The number of ether oxygens (including phenoxy) is 1. The van der Waals surface area contributed by atoms with Gasteiger partial charge in [-0.05, 0) is 37.7 Å². The highest BCUT2D eigenvalue weighted by atomic mass is 16.5. The number of nitrogens with zero attached hydrogens (tertiary/aromatic N) is 2. The van der Waals surface area contributed by atoms with Crippen molar-refractivity contribution >= 4 is 0 Å². The molecule has 4 nitrogen and oxygen atoms in total. The van der Waals surface area contributed by atoms with E-state index in [1.165, 1.54) is 0 Å². The molecule has 0 aromatic carbocycles. The van der Waals surface area contributed by atoms with Gasteiger partial charge in [0.2, 0.25) is 0 Å². The summed E-state index contributed by atoms with van der Waals surface area (Å²) in [5.41, 5.74) is 6.98. The first-order valence-corrected chi connectivity index (χ1v) is 6.01. The van der Waals surface area contributed by atoms with Crippen LogP contribution in [0.25, 0.3) is 0 Å². The quantitative estimate of drug-likeness (QED) is 0.843. The van der Waals surface area contributed by atoms with Crippen LogP contribution in [0.15, 0.2) is 12.4 Å². The molecule has 0 aliphatic heterocycles. The van der Waals surface area contributed by atoms with E-state index < -0.39 is 0 Å². The third-order valence-corrected chi connectivity index (χ3v) is 3.08. The molecule has 16 heavy (non-hydrogen) atoms. The number of rotatable bonds is 3. The highest BCUT2D eigenvalue weighted by Crippen LogP contribution is 2.20. The summed E-state index contributed by atoms with van der Waals surface area (Å²) >= 11 is 0. The van der Waals surface area contributed by atoms with E-state index in [1.807, 2.05) is 12.4 Å². The zero-order valence-electron chi connectivity index (χ0n) is 9.72. The van der Waals surface area contributed by atoms with Crippen LogP contribution in [-0.4, -0.2) is 22.1 Å². The monoisotopic (exact) mass is 221 g/mol. The van der Waals surface area contributed by atoms with Crippen LogP contribution in [0, 0.1) is 0 Å². The van der Waals surface area contributed by atoms with Crippen LogP contribution in [-0.2, 0) is 6.42 Å². The van der Waals surface area contributed by atoms with Crippen molar-refractivity contribution in [2.24, 2.45) is 5.73 Å². The highest BCUT2D eigenvalue weighted by molar-refractivity contribution is 5.07. The number of hydrogen-bond donors (Lipinski definition) is 1. The Morgan fingerprint density at radius 3 is 2.44 bits per heavy atom. The maximum absolute atomic E-state index is 5.84. The molecule has 0 spiro atoms. The molecule has 0 unspecified atom stereocenters. The van der Waals surface area contributed by atoms with Crippen LogP contribution < -0.4 is 10.5 Å². The van der Waals surface area contributed by atoms with Gasteiger partial charge in [-0.3, -0.25) is 0 Å². The minimum absolute atomic E-state index is 0.243. The molecular formula is C12H19N3O. The van der Waals surface area contributed by atoms with E-state index in [2.05, 4.69) is 16.9 Å². The Morgan fingerprint density at radius 1 is 1.25 bits per heavy atom. The lowest BCUT2D eigenvalue weighted by atomic mass is 9.94. The minimum atomic E-state index is 0.243. The van der Waals surface area contributed by atoms with E-state index in [0.717, 1.165) is 37.7 Å². The summed E-state index contributed by atoms with van der Waals surface area (Å²) in [5, 5.41) is 0. The van der Waals surface area contributed by atoms with Crippen LogP contribution in [0.4, 0.5) is 0 Å². The molecular weight excluding hydrogens is 202 g/mol. The first kappa shape index (κ1) is 11.3. The van der Waals surface area contributed by atoms with E-state index in [4.69, 9.17) is 10.5 Å². The molecule has 1 saturated carbocycles. The van der Waals surface area contributed by atoms with Crippen LogP contribution in [0.2, 0.25) is 0 Å². The lowest BCUT2D eigenvalue weighted by molar-refractivity contribution is 0.134. The fourth-order valence-electron chi connectivity index (χ4n) is 1.94. The summed E-state index contributed by atoms with van der Waals surface area (Å²) in [4.78, 5) is 8.40. The van der Waals surface area contributed by atoms with E-state index in [1.54, 1.807) is 0 Å². The number of aryl methyl sites for hydroxylation is 1. The van der Waals surface area contributed by atoms with Crippen molar-refractivity contribution in [2.45, 2.75) is 51.2 Å². The normalized spacial score (nSPS) is 25.4. The second-order valence-corrected chi connectivity index (χ2v) is 4.38. The summed E-state index contributed by atoms with van der Waals surface area (Å²) in [7, 11) is 0. The van der Waals surface area contributed by atoms with Crippen molar-refractivity contribution in [1.82, 2.24) is 9.97 Å². The molecule has 0 atom stereocenters. The largest absolute Gasteiger partial charge is 0.460 e. The Kier molecular flexibility index (Phi) is 3.72. The van der Waals surface area contributed by atoms with Gasteiger partial charge in [0.25, 0.3) is 0 Å². The fraction of sp³-hybridized carbons (Fsp3) is 0.667. The van der Waals surface area contributed by atoms with Gasteiger partial charge in [0, 0.05) is 18.4 Å². The Balaban J connectivity index is 1.88. The van der Waals surface area contributed by atoms with Gasteiger partial charge in [-0.25, -0.2) is 9.97 Å². The molecule has 1 aliphatic carbocycles. The SMILES string of the molecule is CCc1cnc(OC2CCC(N)CC2)nc1. The average Bonchev–Trinajstić information content (AvgIpc) is 2.33. The molecule has 1 aliphatic rings. The van der Waals surface area contributed by atoms with Gasteiger partial charge >= 0.3 is 6.01 Å². The zero-order valence-corrected chi connectivity index (χ0v) is 9.72. The number of hydrogen-bond acceptors (Lipinski definition) is 4. The van der Waals surface area contributed by atoms with Crippen molar-refractivity contribution in [3.8, 4) is 6.01 Å². The minimum Gasteiger partial charge on any atom is -0.460 e.